The summed E-state index contributed by atoms with van der Waals surface area (Å²) in [7, 11) is 0. The average molecular weight is 495 g/mol. The van der Waals surface area contributed by atoms with Gasteiger partial charge in [0.25, 0.3) is 5.91 Å². The van der Waals surface area contributed by atoms with E-state index in [4.69, 9.17) is 4.74 Å². The number of aromatic nitrogens is 2. The molecule has 0 atom stereocenters. The smallest absolute Gasteiger partial charge is 0.251 e. The van der Waals surface area contributed by atoms with Crippen molar-refractivity contribution in [2.24, 2.45) is 0 Å². The number of nitrogens with one attached hydrogen (secondary N) is 2. The minimum absolute atomic E-state index is 0.0662. The first-order valence-electron chi connectivity index (χ1n) is 12.4. The highest BCUT2D eigenvalue weighted by atomic mass is 16.5. The summed E-state index contributed by atoms with van der Waals surface area (Å²) in [6, 6.07) is 24.3. The molecule has 0 aliphatic heterocycles. The largest absolute Gasteiger partial charge is 0.493 e. The van der Waals surface area contributed by atoms with Gasteiger partial charge in [-0.25, -0.2) is 9.97 Å². The monoisotopic (exact) mass is 494 g/mol. The van der Waals surface area contributed by atoms with E-state index >= 15 is 0 Å². The van der Waals surface area contributed by atoms with Crippen LogP contribution in [0.25, 0.3) is 11.4 Å². The number of amides is 2. The van der Waals surface area contributed by atoms with E-state index in [-0.39, 0.29) is 18.4 Å². The van der Waals surface area contributed by atoms with Crippen LogP contribution < -0.4 is 15.4 Å². The quantitative estimate of drug-likeness (QED) is 0.290. The molecule has 37 heavy (non-hydrogen) atoms. The van der Waals surface area contributed by atoms with E-state index in [9.17, 15) is 9.59 Å². The van der Waals surface area contributed by atoms with Crippen LogP contribution in [0.5, 0.6) is 5.75 Å². The third-order valence-corrected chi connectivity index (χ3v) is 5.70. The van der Waals surface area contributed by atoms with Crippen LogP contribution in [-0.4, -0.2) is 28.4 Å². The molecule has 7 heteroatoms. The number of carbonyl (C=O) groups excluding carboxylic acids is 2. The molecule has 2 N–H and O–H groups in total. The lowest BCUT2D eigenvalue weighted by molar-refractivity contribution is -0.116. The van der Waals surface area contributed by atoms with Crippen molar-refractivity contribution in [3.05, 3.63) is 108 Å². The number of hydrogen-bond donors (Lipinski definition) is 2. The van der Waals surface area contributed by atoms with Crippen LogP contribution in [0.3, 0.4) is 0 Å². The molecule has 0 bridgehead atoms. The lowest BCUT2D eigenvalue weighted by atomic mass is 10.1. The van der Waals surface area contributed by atoms with Crippen molar-refractivity contribution in [1.82, 2.24) is 15.3 Å². The van der Waals surface area contributed by atoms with Crippen LogP contribution in [0.15, 0.2) is 91.3 Å². The third-order valence-electron chi connectivity index (χ3n) is 5.70. The molecule has 7 nitrogen and oxygen atoms in total. The number of ether oxygens (including phenoxy) is 1. The van der Waals surface area contributed by atoms with E-state index in [0.29, 0.717) is 42.3 Å². The fourth-order valence-electron chi connectivity index (χ4n) is 3.77. The molecule has 0 saturated carbocycles. The molecule has 0 radical (unpaired) electrons. The summed E-state index contributed by atoms with van der Waals surface area (Å²) in [6.07, 6.45) is 5.28. The maximum absolute atomic E-state index is 12.8. The predicted molar refractivity (Wildman–Crippen MR) is 144 cm³/mol. The minimum atomic E-state index is -0.209. The third kappa shape index (κ3) is 7.48. The normalized spacial score (nSPS) is 10.5. The van der Waals surface area contributed by atoms with Gasteiger partial charge in [-0.15, -0.1) is 0 Å². The zero-order chi connectivity index (χ0) is 25.9. The molecule has 3 aromatic carbocycles. The van der Waals surface area contributed by atoms with E-state index in [2.05, 4.69) is 20.6 Å². The van der Waals surface area contributed by atoms with Crippen molar-refractivity contribution in [3.8, 4) is 17.1 Å². The molecule has 0 fully saturated rings. The van der Waals surface area contributed by atoms with Crippen LogP contribution in [0.2, 0.25) is 0 Å². The Morgan fingerprint density at radius 3 is 2.38 bits per heavy atom. The van der Waals surface area contributed by atoms with Crippen molar-refractivity contribution in [3.63, 3.8) is 0 Å². The van der Waals surface area contributed by atoms with Gasteiger partial charge in [-0.05, 0) is 54.8 Å². The number of rotatable bonds is 11. The Hall–Kier alpha value is -4.52. The van der Waals surface area contributed by atoms with Crippen molar-refractivity contribution in [2.75, 3.05) is 11.9 Å². The molecule has 1 aromatic heterocycles. The van der Waals surface area contributed by atoms with Crippen molar-refractivity contribution in [2.45, 2.75) is 32.7 Å². The fraction of sp³-hybridized carbons (Fsp3) is 0.200. The van der Waals surface area contributed by atoms with E-state index in [1.165, 1.54) is 0 Å². The van der Waals surface area contributed by atoms with Gasteiger partial charge in [0.15, 0.2) is 5.82 Å². The summed E-state index contributed by atoms with van der Waals surface area (Å²) < 4.78 is 5.88. The Kier molecular flexibility index (Phi) is 8.97. The summed E-state index contributed by atoms with van der Waals surface area (Å²) in [6.45, 7) is 2.86. The van der Waals surface area contributed by atoms with E-state index in [0.717, 1.165) is 23.1 Å². The molecule has 4 aromatic rings. The van der Waals surface area contributed by atoms with Crippen molar-refractivity contribution >= 4 is 17.5 Å². The van der Waals surface area contributed by atoms with Gasteiger partial charge in [0, 0.05) is 47.7 Å². The molecular weight excluding hydrogens is 464 g/mol. The van der Waals surface area contributed by atoms with Gasteiger partial charge in [-0.1, -0.05) is 49.4 Å². The van der Waals surface area contributed by atoms with Crippen LogP contribution in [0.1, 0.15) is 41.3 Å². The highest BCUT2D eigenvalue weighted by molar-refractivity contribution is 5.94. The first-order chi connectivity index (χ1) is 18.1. The number of anilines is 1. The molecule has 0 aliphatic carbocycles. The molecule has 2 amide bonds. The van der Waals surface area contributed by atoms with Crippen LogP contribution in [0, 0.1) is 0 Å². The number of aryl methyl sites for hydroxylation is 1. The number of benzene rings is 3. The summed E-state index contributed by atoms with van der Waals surface area (Å²) in [5.74, 6) is 1.01. The standard InChI is InChI=1S/C30H30N4O3/c1-2-19-37-27-15-14-26(34-28(35)16-9-22-7-4-3-5-8-22)20-25(27)21-33-30(36)24-12-10-23(11-13-24)29-31-17-6-18-32-29/h3-8,10-15,17-18,20H,2,9,16,19,21H2,1H3,(H,33,36)(H,34,35). The molecule has 0 spiro atoms. The first-order valence-corrected chi connectivity index (χ1v) is 12.4. The predicted octanol–water partition coefficient (Wildman–Crippen LogP) is 5.43. The van der Waals surface area contributed by atoms with E-state index in [1.807, 2.05) is 67.6 Å². The Bertz CT molecular complexity index is 1310. The first kappa shape index (κ1) is 25.6. The highest BCUT2D eigenvalue weighted by Crippen LogP contribution is 2.24. The topological polar surface area (TPSA) is 93.2 Å². The number of carbonyl (C=O) groups is 2. The highest BCUT2D eigenvalue weighted by Gasteiger charge is 2.12. The lowest BCUT2D eigenvalue weighted by Crippen LogP contribution is -2.23. The zero-order valence-electron chi connectivity index (χ0n) is 20.8. The van der Waals surface area contributed by atoms with Gasteiger partial charge in [-0.2, -0.15) is 0 Å². The Balaban J connectivity index is 1.39. The summed E-state index contributed by atoms with van der Waals surface area (Å²) in [5, 5.41) is 5.91. The number of hydrogen-bond acceptors (Lipinski definition) is 5. The second kappa shape index (κ2) is 13.0. The minimum Gasteiger partial charge on any atom is -0.493 e. The van der Waals surface area contributed by atoms with Crippen molar-refractivity contribution in [1.29, 1.82) is 0 Å². The molecule has 0 unspecified atom stereocenters. The molecule has 1 heterocycles. The Morgan fingerprint density at radius 2 is 1.65 bits per heavy atom. The summed E-state index contributed by atoms with van der Waals surface area (Å²) in [5.41, 5.74) is 3.94. The van der Waals surface area contributed by atoms with Crippen molar-refractivity contribution < 1.29 is 14.3 Å². The van der Waals surface area contributed by atoms with Crippen LogP contribution in [0.4, 0.5) is 5.69 Å². The van der Waals surface area contributed by atoms with Gasteiger partial charge in [0.2, 0.25) is 5.91 Å². The fourth-order valence-corrected chi connectivity index (χ4v) is 3.77. The van der Waals surface area contributed by atoms with E-state index in [1.54, 1.807) is 30.6 Å². The maximum Gasteiger partial charge on any atom is 0.251 e. The molecule has 0 saturated heterocycles. The number of nitrogens with zero attached hydrogens (tertiary/aromatic N) is 2. The van der Waals surface area contributed by atoms with Gasteiger partial charge in [-0.3, -0.25) is 9.59 Å². The summed E-state index contributed by atoms with van der Waals surface area (Å²) in [4.78, 5) is 33.8. The van der Waals surface area contributed by atoms with E-state index < -0.39 is 0 Å². The van der Waals surface area contributed by atoms with Gasteiger partial charge < -0.3 is 15.4 Å². The Labute approximate surface area is 216 Å². The SMILES string of the molecule is CCCOc1ccc(NC(=O)CCc2ccccc2)cc1CNC(=O)c1ccc(-c2ncccn2)cc1. The molecule has 0 aliphatic rings. The molecule has 188 valence electrons. The van der Waals surface area contributed by atoms with Gasteiger partial charge in [0.05, 0.1) is 6.61 Å². The Morgan fingerprint density at radius 1 is 0.892 bits per heavy atom. The van der Waals surface area contributed by atoms with Gasteiger partial charge in [0.1, 0.15) is 5.75 Å². The lowest BCUT2D eigenvalue weighted by Gasteiger charge is -2.14. The molecular formula is C30H30N4O3. The average Bonchev–Trinajstić information content (AvgIpc) is 2.95. The van der Waals surface area contributed by atoms with Crippen LogP contribution >= 0.6 is 0 Å². The second-order valence-electron chi connectivity index (χ2n) is 8.54. The molecule has 4 rings (SSSR count). The van der Waals surface area contributed by atoms with Crippen LogP contribution in [-0.2, 0) is 17.8 Å². The summed E-state index contributed by atoms with van der Waals surface area (Å²) >= 11 is 0. The zero-order valence-corrected chi connectivity index (χ0v) is 20.8. The maximum atomic E-state index is 12.8. The second-order valence-corrected chi connectivity index (χ2v) is 8.54. The van der Waals surface area contributed by atoms with Gasteiger partial charge >= 0.3 is 0 Å².